The fourth-order valence-corrected chi connectivity index (χ4v) is 8.04. The first kappa shape index (κ1) is 26.2. The zero-order valence-electron chi connectivity index (χ0n) is 21.7. The van der Waals surface area contributed by atoms with Crippen LogP contribution in [0.3, 0.4) is 0 Å². The van der Waals surface area contributed by atoms with Crippen LogP contribution in [0.2, 0.25) is 0 Å². The first-order valence-electron chi connectivity index (χ1n) is 14.8. The summed E-state index contributed by atoms with van der Waals surface area (Å²) in [5.74, 6) is 5.27. The molecule has 3 aliphatic carbocycles. The second-order valence-electron chi connectivity index (χ2n) is 12.8. The van der Waals surface area contributed by atoms with Gasteiger partial charge in [0.05, 0.1) is 6.10 Å². The van der Waals surface area contributed by atoms with Gasteiger partial charge in [0.1, 0.15) is 0 Å². The molecular weight excluding hydrogens is 428 g/mol. The minimum atomic E-state index is -0.0140. The van der Waals surface area contributed by atoms with Crippen molar-refractivity contribution in [2.75, 3.05) is 26.2 Å². The molecule has 3 atom stereocenters. The molecule has 3 saturated carbocycles. The van der Waals surface area contributed by atoms with Crippen LogP contribution in [-0.2, 0) is 0 Å². The van der Waals surface area contributed by atoms with Crippen LogP contribution < -0.4 is 5.32 Å². The average molecular weight is 481 g/mol. The number of likely N-dealkylation sites (tertiary alicyclic amines) is 1. The zero-order valence-corrected chi connectivity index (χ0v) is 22.5. The summed E-state index contributed by atoms with van der Waals surface area (Å²) >= 11 is 6.35. The molecule has 4 rings (SSSR count). The van der Waals surface area contributed by atoms with Gasteiger partial charge in [-0.2, -0.15) is 0 Å². The molecule has 0 spiro atoms. The molecule has 33 heavy (non-hydrogen) atoms. The Labute approximate surface area is 209 Å². The molecule has 0 bridgehead atoms. The largest absolute Gasteiger partial charge is 0.393 e. The summed E-state index contributed by atoms with van der Waals surface area (Å²) in [6.45, 7) is 9.87. The van der Waals surface area contributed by atoms with Crippen LogP contribution in [0.5, 0.6) is 0 Å². The van der Waals surface area contributed by atoms with E-state index in [1.54, 1.807) is 0 Å². The van der Waals surface area contributed by atoms with Crippen molar-refractivity contribution in [2.45, 2.75) is 121 Å². The molecule has 0 radical (unpaired) electrons. The molecule has 2 N–H and O–H groups in total. The van der Waals surface area contributed by atoms with Gasteiger partial charge >= 0.3 is 0 Å². The van der Waals surface area contributed by atoms with Crippen molar-refractivity contribution in [3.05, 3.63) is 0 Å². The fraction of sp³-hybridized carbons (Fsp3) is 1.00. The number of halogens is 1. The maximum atomic E-state index is 9.88. The van der Waals surface area contributed by atoms with Gasteiger partial charge in [-0.1, -0.05) is 26.7 Å². The van der Waals surface area contributed by atoms with Crippen molar-refractivity contribution >= 4 is 11.6 Å². The number of piperidine rings is 1. The van der Waals surface area contributed by atoms with E-state index in [2.05, 4.69) is 24.1 Å². The van der Waals surface area contributed by atoms with Crippen LogP contribution in [-0.4, -0.2) is 53.7 Å². The third-order valence-corrected chi connectivity index (χ3v) is 10.6. The smallest absolute Gasteiger partial charge is 0.0540 e. The minimum absolute atomic E-state index is 0.0140. The van der Waals surface area contributed by atoms with E-state index in [4.69, 9.17) is 11.6 Å². The van der Waals surface area contributed by atoms with Crippen LogP contribution in [0.15, 0.2) is 0 Å². The first-order chi connectivity index (χ1) is 16.0. The Morgan fingerprint density at radius 3 is 2.06 bits per heavy atom. The number of aliphatic hydroxyl groups excluding tert-OH is 1. The number of hydrogen-bond donors (Lipinski definition) is 2. The number of nitrogens with zero attached hydrogens (tertiary/aromatic N) is 1. The summed E-state index contributed by atoms with van der Waals surface area (Å²) in [6, 6.07) is 0.624. The van der Waals surface area contributed by atoms with E-state index in [0.717, 1.165) is 42.4 Å². The molecule has 4 aliphatic rings. The second-order valence-corrected chi connectivity index (χ2v) is 13.4. The number of aliphatic hydroxyl groups is 1. The molecule has 1 saturated heterocycles. The highest BCUT2D eigenvalue weighted by Crippen LogP contribution is 2.40. The van der Waals surface area contributed by atoms with E-state index in [-0.39, 0.29) is 6.10 Å². The summed E-state index contributed by atoms with van der Waals surface area (Å²) in [7, 11) is 0. The highest BCUT2D eigenvalue weighted by Gasteiger charge is 2.33. The summed E-state index contributed by atoms with van der Waals surface area (Å²) in [5.41, 5.74) is 0. The Bertz CT molecular complexity index is 548. The second kappa shape index (κ2) is 12.9. The van der Waals surface area contributed by atoms with Crippen molar-refractivity contribution in [3.8, 4) is 0 Å². The van der Waals surface area contributed by atoms with Crippen molar-refractivity contribution in [2.24, 2.45) is 35.5 Å². The third-order valence-electron chi connectivity index (χ3n) is 10.2. The lowest BCUT2D eigenvalue weighted by Gasteiger charge is -2.41. The molecule has 0 aromatic carbocycles. The standard InChI is InChI=1S/C29H53ClN2O/c1-21(2)29(20-32-16-14-25(15-17-32)23-6-10-27(30)11-7-23)31-19-22-4-3-5-26(18-22)24-8-12-28(33)13-9-24/h21-29,31,33H,3-20H2,1-2H3/t22?,23?,24?,26?,27?,28?,29-/m0/s1. The summed E-state index contributed by atoms with van der Waals surface area (Å²) in [5, 5.41) is 14.4. The molecule has 4 fully saturated rings. The Morgan fingerprint density at radius 2 is 1.39 bits per heavy atom. The normalized spacial score (nSPS) is 38.5. The van der Waals surface area contributed by atoms with Gasteiger partial charge in [-0.05, 0) is 132 Å². The van der Waals surface area contributed by atoms with Crippen molar-refractivity contribution in [3.63, 3.8) is 0 Å². The lowest BCUT2D eigenvalue weighted by Crippen LogP contribution is -2.48. The van der Waals surface area contributed by atoms with Crippen molar-refractivity contribution in [1.29, 1.82) is 0 Å². The van der Waals surface area contributed by atoms with Gasteiger partial charge in [-0.3, -0.25) is 0 Å². The Hall–Kier alpha value is 0.170. The third kappa shape index (κ3) is 7.83. The highest BCUT2D eigenvalue weighted by molar-refractivity contribution is 6.20. The van der Waals surface area contributed by atoms with Crippen molar-refractivity contribution < 1.29 is 5.11 Å². The lowest BCUT2D eigenvalue weighted by atomic mass is 9.70. The Balaban J connectivity index is 1.18. The molecule has 0 amide bonds. The molecule has 1 aliphatic heterocycles. The van der Waals surface area contributed by atoms with Crippen LogP contribution in [0.1, 0.15) is 104 Å². The number of hydrogen-bond acceptors (Lipinski definition) is 3. The van der Waals surface area contributed by atoms with Gasteiger partial charge in [-0.25, -0.2) is 0 Å². The van der Waals surface area contributed by atoms with E-state index < -0.39 is 0 Å². The molecule has 1 heterocycles. The van der Waals surface area contributed by atoms with Gasteiger partial charge in [0, 0.05) is 18.0 Å². The molecule has 2 unspecified atom stereocenters. The summed E-state index contributed by atoms with van der Waals surface area (Å²) in [4.78, 5) is 2.76. The predicted molar refractivity (Wildman–Crippen MR) is 141 cm³/mol. The number of rotatable bonds is 8. The molecule has 4 heteroatoms. The van der Waals surface area contributed by atoms with E-state index in [0.29, 0.717) is 17.3 Å². The molecule has 0 aromatic rings. The molecular formula is C29H53ClN2O. The maximum absolute atomic E-state index is 9.88. The Morgan fingerprint density at radius 1 is 0.788 bits per heavy atom. The van der Waals surface area contributed by atoms with Crippen LogP contribution in [0.25, 0.3) is 0 Å². The monoisotopic (exact) mass is 480 g/mol. The number of nitrogens with one attached hydrogen (secondary N) is 1. The summed E-state index contributed by atoms with van der Waals surface area (Å²) < 4.78 is 0. The summed E-state index contributed by atoms with van der Waals surface area (Å²) in [6.07, 6.45) is 18.4. The number of alkyl halides is 1. The quantitative estimate of drug-likeness (QED) is 0.391. The molecule has 3 nitrogen and oxygen atoms in total. The van der Waals surface area contributed by atoms with Crippen molar-refractivity contribution in [1.82, 2.24) is 10.2 Å². The highest BCUT2D eigenvalue weighted by atomic mass is 35.5. The van der Waals surface area contributed by atoms with E-state index in [1.807, 2.05) is 0 Å². The topological polar surface area (TPSA) is 35.5 Å². The average Bonchev–Trinajstić information content (AvgIpc) is 2.83. The van der Waals surface area contributed by atoms with E-state index >= 15 is 0 Å². The van der Waals surface area contributed by atoms with E-state index in [9.17, 15) is 5.11 Å². The SMILES string of the molecule is CC(C)[C@H](CN1CCC(C2CCC(Cl)CC2)CC1)NCC1CCCC(C2CCC(O)CC2)C1. The molecule has 0 aromatic heterocycles. The van der Waals surface area contributed by atoms with Gasteiger partial charge in [0.25, 0.3) is 0 Å². The predicted octanol–water partition coefficient (Wildman–Crippen LogP) is 6.47. The van der Waals surface area contributed by atoms with Crippen LogP contribution >= 0.6 is 11.6 Å². The lowest BCUT2D eigenvalue weighted by molar-refractivity contribution is 0.0733. The van der Waals surface area contributed by atoms with Crippen LogP contribution in [0, 0.1) is 35.5 Å². The molecule has 192 valence electrons. The van der Waals surface area contributed by atoms with Gasteiger partial charge in [-0.15, -0.1) is 11.6 Å². The fourth-order valence-electron chi connectivity index (χ4n) is 7.78. The minimum Gasteiger partial charge on any atom is -0.393 e. The van der Waals surface area contributed by atoms with Gasteiger partial charge < -0.3 is 15.3 Å². The maximum Gasteiger partial charge on any atom is 0.0540 e. The first-order valence-corrected chi connectivity index (χ1v) is 15.2. The zero-order chi connectivity index (χ0) is 23.2. The Kier molecular flexibility index (Phi) is 10.3. The van der Waals surface area contributed by atoms with Gasteiger partial charge in [0.15, 0.2) is 0 Å². The van der Waals surface area contributed by atoms with Crippen LogP contribution in [0.4, 0.5) is 0 Å². The van der Waals surface area contributed by atoms with Gasteiger partial charge in [0.2, 0.25) is 0 Å². The van der Waals surface area contributed by atoms with E-state index in [1.165, 1.54) is 103 Å².